The fourth-order valence-corrected chi connectivity index (χ4v) is 1.62. The van der Waals surface area contributed by atoms with E-state index >= 15 is 0 Å². The van der Waals surface area contributed by atoms with Crippen molar-refractivity contribution in [2.24, 2.45) is 0 Å². The molecule has 1 aromatic heterocycles. The Morgan fingerprint density at radius 3 is 2.94 bits per heavy atom. The second-order valence-electron chi connectivity index (χ2n) is 4.23. The normalized spacial score (nSPS) is 16.5. The van der Waals surface area contributed by atoms with E-state index in [4.69, 9.17) is 5.11 Å². The van der Waals surface area contributed by atoms with Crippen molar-refractivity contribution in [1.29, 1.82) is 0 Å². The van der Waals surface area contributed by atoms with Gasteiger partial charge in [0.2, 0.25) is 0 Å². The Morgan fingerprint density at radius 1 is 1.71 bits per heavy atom. The molecular weight excluding hydrogens is 222 g/mol. The largest absolute Gasteiger partial charge is 0.480 e. The number of carbonyl (C=O) groups is 1. The van der Waals surface area contributed by atoms with Gasteiger partial charge >= 0.3 is 5.97 Å². The molecule has 3 N–H and O–H groups in total. The number of aromatic amines is 1. The van der Waals surface area contributed by atoms with E-state index in [0.717, 1.165) is 12.8 Å². The predicted molar refractivity (Wildman–Crippen MR) is 62.2 cm³/mol. The number of hydrogen-bond acceptors (Lipinski definition) is 4. The smallest absolute Gasteiger partial charge is 0.326 e. The number of carboxylic acids is 1. The maximum absolute atomic E-state index is 11.4. The molecule has 1 fully saturated rings. The Labute approximate surface area is 98.1 Å². The lowest BCUT2D eigenvalue weighted by Gasteiger charge is -2.13. The molecule has 1 unspecified atom stereocenters. The van der Waals surface area contributed by atoms with Gasteiger partial charge in [-0.05, 0) is 19.3 Å². The van der Waals surface area contributed by atoms with Crippen molar-refractivity contribution in [3.05, 3.63) is 22.2 Å². The average Bonchev–Trinajstić information content (AvgIpc) is 3.08. The van der Waals surface area contributed by atoms with E-state index in [2.05, 4.69) is 15.3 Å². The van der Waals surface area contributed by atoms with Crippen LogP contribution in [0.3, 0.4) is 0 Å². The molecule has 1 aromatic rings. The number of hydrogen-bond donors (Lipinski definition) is 3. The molecule has 0 bridgehead atoms. The molecule has 2 rings (SSSR count). The average molecular weight is 237 g/mol. The summed E-state index contributed by atoms with van der Waals surface area (Å²) in [5, 5.41) is 11.7. The molecule has 0 radical (unpaired) electrons. The minimum atomic E-state index is -0.942. The molecule has 0 spiro atoms. The molecule has 0 aromatic carbocycles. The third kappa shape index (κ3) is 2.83. The van der Waals surface area contributed by atoms with E-state index in [1.165, 1.54) is 6.07 Å². The fourth-order valence-electron chi connectivity index (χ4n) is 1.62. The molecule has 1 heterocycles. The molecular formula is C11H15N3O3. The Balaban J connectivity index is 2.19. The summed E-state index contributed by atoms with van der Waals surface area (Å²) in [6.07, 6.45) is 2.49. The summed E-state index contributed by atoms with van der Waals surface area (Å²) in [7, 11) is 0. The first-order valence-corrected chi connectivity index (χ1v) is 5.70. The quantitative estimate of drug-likeness (QED) is 0.707. The number of aromatic nitrogens is 2. The zero-order chi connectivity index (χ0) is 12.4. The van der Waals surface area contributed by atoms with Crippen molar-refractivity contribution in [2.45, 2.75) is 38.1 Å². The van der Waals surface area contributed by atoms with Gasteiger partial charge < -0.3 is 15.4 Å². The van der Waals surface area contributed by atoms with Crippen molar-refractivity contribution in [2.75, 3.05) is 5.32 Å². The first kappa shape index (κ1) is 11.6. The van der Waals surface area contributed by atoms with Crippen LogP contribution in [0.2, 0.25) is 0 Å². The number of H-pyrrole nitrogens is 1. The number of nitrogens with one attached hydrogen (secondary N) is 2. The topological polar surface area (TPSA) is 95.1 Å². The molecule has 1 aliphatic rings. The van der Waals surface area contributed by atoms with E-state index in [-0.39, 0.29) is 5.56 Å². The van der Waals surface area contributed by atoms with Gasteiger partial charge in [-0.25, -0.2) is 9.78 Å². The number of aliphatic carboxylic acids is 1. The highest BCUT2D eigenvalue weighted by Gasteiger charge is 2.26. The summed E-state index contributed by atoms with van der Waals surface area (Å²) in [6.45, 7) is 1.76. The molecule has 0 saturated heterocycles. The zero-order valence-corrected chi connectivity index (χ0v) is 9.56. The Bertz CT molecular complexity index is 479. The lowest BCUT2D eigenvalue weighted by molar-refractivity contribution is -0.137. The van der Waals surface area contributed by atoms with Crippen LogP contribution in [-0.4, -0.2) is 27.1 Å². The highest BCUT2D eigenvalue weighted by molar-refractivity contribution is 5.76. The standard InChI is InChI=1S/C11H15N3O3/c1-2-7(11(16)17)12-8-5-9(15)14-10(13-8)6-3-4-6/h5-7H,2-4H2,1H3,(H,16,17)(H2,12,13,14,15). The molecule has 6 heteroatoms. The van der Waals surface area contributed by atoms with Gasteiger partial charge in [-0.1, -0.05) is 6.92 Å². The van der Waals surface area contributed by atoms with Crippen molar-refractivity contribution in [3.8, 4) is 0 Å². The van der Waals surface area contributed by atoms with Crippen LogP contribution in [0.5, 0.6) is 0 Å². The number of rotatable bonds is 5. The summed E-state index contributed by atoms with van der Waals surface area (Å²) in [5.74, 6) is 0.377. The van der Waals surface area contributed by atoms with Crippen LogP contribution in [0.25, 0.3) is 0 Å². The molecule has 17 heavy (non-hydrogen) atoms. The Morgan fingerprint density at radius 2 is 2.41 bits per heavy atom. The molecule has 1 aliphatic carbocycles. The van der Waals surface area contributed by atoms with E-state index in [0.29, 0.717) is 24.0 Å². The minimum absolute atomic E-state index is 0.246. The van der Waals surface area contributed by atoms with Gasteiger partial charge in [0.25, 0.3) is 5.56 Å². The first-order valence-electron chi connectivity index (χ1n) is 5.70. The highest BCUT2D eigenvalue weighted by Crippen LogP contribution is 2.37. The lowest BCUT2D eigenvalue weighted by Crippen LogP contribution is -2.29. The van der Waals surface area contributed by atoms with Crippen molar-refractivity contribution < 1.29 is 9.90 Å². The minimum Gasteiger partial charge on any atom is -0.480 e. The van der Waals surface area contributed by atoms with E-state index in [1.54, 1.807) is 6.92 Å². The second kappa shape index (κ2) is 4.57. The van der Waals surface area contributed by atoms with Gasteiger partial charge in [-0.15, -0.1) is 0 Å². The molecule has 1 saturated carbocycles. The van der Waals surface area contributed by atoms with Gasteiger partial charge in [-0.3, -0.25) is 4.79 Å². The third-order valence-corrected chi connectivity index (χ3v) is 2.75. The Hall–Kier alpha value is -1.85. The predicted octanol–water partition coefficient (Wildman–Crippen LogP) is 0.922. The lowest BCUT2D eigenvalue weighted by atomic mass is 10.2. The Kier molecular flexibility index (Phi) is 3.12. The van der Waals surface area contributed by atoms with Gasteiger partial charge in [-0.2, -0.15) is 0 Å². The van der Waals surface area contributed by atoms with E-state index in [1.807, 2.05) is 0 Å². The summed E-state index contributed by atoms with van der Waals surface area (Å²) in [5.41, 5.74) is -0.246. The summed E-state index contributed by atoms with van der Waals surface area (Å²) in [4.78, 5) is 29.2. The number of carboxylic acid groups (broad SMARTS) is 1. The zero-order valence-electron chi connectivity index (χ0n) is 9.56. The molecule has 92 valence electrons. The summed E-state index contributed by atoms with van der Waals surface area (Å²) < 4.78 is 0. The number of anilines is 1. The van der Waals surface area contributed by atoms with Crippen LogP contribution in [-0.2, 0) is 4.79 Å². The van der Waals surface area contributed by atoms with Crippen LogP contribution < -0.4 is 10.9 Å². The van der Waals surface area contributed by atoms with Crippen LogP contribution in [0.15, 0.2) is 10.9 Å². The molecule has 0 aliphatic heterocycles. The fraction of sp³-hybridized carbons (Fsp3) is 0.545. The second-order valence-corrected chi connectivity index (χ2v) is 4.23. The van der Waals surface area contributed by atoms with Gasteiger partial charge in [0.15, 0.2) is 0 Å². The number of nitrogens with zero attached hydrogens (tertiary/aromatic N) is 1. The van der Waals surface area contributed by atoms with E-state index in [9.17, 15) is 9.59 Å². The van der Waals surface area contributed by atoms with Gasteiger partial charge in [0.05, 0.1) is 0 Å². The molecule has 6 nitrogen and oxygen atoms in total. The highest BCUT2D eigenvalue weighted by atomic mass is 16.4. The molecule has 0 amide bonds. The monoisotopic (exact) mass is 237 g/mol. The summed E-state index contributed by atoms with van der Waals surface area (Å²) in [6, 6.07) is 0.577. The summed E-state index contributed by atoms with van der Waals surface area (Å²) >= 11 is 0. The van der Waals surface area contributed by atoms with E-state index < -0.39 is 12.0 Å². The van der Waals surface area contributed by atoms with Crippen molar-refractivity contribution >= 4 is 11.8 Å². The first-order chi connectivity index (χ1) is 8.10. The van der Waals surface area contributed by atoms with Crippen LogP contribution in [0.1, 0.15) is 37.9 Å². The SMILES string of the molecule is CCC(Nc1cc(=O)[nH]c(C2CC2)n1)C(=O)O. The third-order valence-electron chi connectivity index (χ3n) is 2.75. The van der Waals surface area contributed by atoms with Gasteiger partial charge in [0.1, 0.15) is 17.7 Å². The van der Waals surface area contributed by atoms with Gasteiger partial charge in [0, 0.05) is 12.0 Å². The van der Waals surface area contributed by atoms with Crippen molar-refractivity contribution in [1.82, 2.24) is 9.97 Å². The molecule has 1 atom stereocenters. The maximum atomic E-state index is 11.4. The van der Waals surface area contributed by atoms with Crippen LogP contribution in [0, 0.1) is 0 Å². The van der Waals surface area contributed by atoms with Crippen LogP contribution in [0.4, 0.5) is 5.82 Å². The van der Waals surface area contributed by atoms with Crippen LogP contribution >= 0.6 is 0 Å². The maximum Gasteiger partial charge on any atom is 0.326 e. The van der Waals surface area contributed by atoms with Crippen molar-refractivity contribution in [3.63, 3.8) is 0 Å².